The topological polar surface area (TPSA) is 35.3 Å². The smallest absolute Gasteiger partial charge is 0.209 e. The number of methoxy groups -OCH3 is 1. The van der Waals surface area contributed by atoms with Gasteiger partial charge in [-0.3, -0.25) is 0 Å². The molecule has 0 aliphatic rings. The summed E-state index contributed by atoms with van der Waals surface area (Å²) in [6.07, 6.45) is 1.68. The fraction of sp³-hybridized carbons (Fsp3) is 0.250. The van der Waals surface area contributed by atoms with Crippen LogP contribution >= 0.6 is 11.6 Å². The van der Waals surface area contributed by atoms with Crippen molar-refractivity contribution in [1.29, 1.82) is 0 Å². The summed E-state index contributed by atoms with van der Waals surface area (Å²) >= 11 is 5.63. The Hall–Kier alpha value is -1.48. The van der Waals surface area contributed by atoms with E-state index < -0.39 is 0 Å². The van der Waals surface area contributed by atoms with Crippen LogP contribution in [-0.4, -0.2) is 12.1 Å². The van der Waals surface area contributed by atoms with Gasteiger partial charge in [0, 0.05) is 5.56 Å². The lowest BCUT2D eigenvalue weighted by atomic mass is 10.1. The molecule has 0 saturated heterocycles. The molecule has 1 aromatic carbocycles. The normalized spacial score (nSPS) is 10.4. The van der Waals surface area contributed by atoms with E-state index in [1.807, 2.05) is 25.1 Å². The number of aryl methyl sites for hydroxylation is 1. The van der Waals surface area contributed by atoms with Crippen LogP contribution in [0.1, 0.15) is 11.5 Å². The van der Waals surface area contributed by atoms with Crippen LogP contribution in [0.25, 0.3) is 11.3 Å². The van der Waals surface area contributed by atoms with Crippen molar-refractivity contribution < 1.29 is 9.15 Å². The SMILES string of the molecule is COc1ccc(-c2cnc(CCl)o2)cc1C. The Morgan fingerprint density at radius 2 is 2.25 bits per heavy atom. The lowest BCUT2D eigenvalue weighted by Gasteiger charge is -2.05. The quantitative estimate of drug-likeness (QED) is 0.768. The lowest BCUT2D eigenvalue weighted by Crippen LogP contribution is -1.87. The number of benzene rings is 1. The molecule has 0 unspecified atom stereocenters. The first-order valence-corrected chi connectivity index (χ1v) is 5.43. The first-order chi connectivity index (χ1) is 7.74. The van der Waals surface area contributed by atoms with Gasteiger partial charge in [-0.2, -0.15) is 0 Å². The minimum Gasteiger partial charge on any atom is -0.496 e. The molecule has 4 heteroatoms. The van der Waals surface area contributed by atoms with Gasteiger partial charge >= 0.3 is 0 Å². The minimum absolute atomic E-state index is 0.287. The third-order valence-electron chi connectivity index (χ3n) is 2.35. The maximum Gasteiger partial charge on any atom is 0.209 e. The van der Waals surface area contributed by atoms with Gasteiger partial charge in [0.1, 0.15) is 5.75 Å². The van der Waals surface area contributed by atoms with Crippen LogP contribution in [0, 0.1) is 6.92 Å². The molecule has 1 heterocycles. The van der Waals surface area contributed by atoms with E-state index in [1.54, 1.807) is 13.3 Å². The Balaban J connectivity index is 2.37. The third-order valence-corrected chi connectivity index (χ3v) is 2.58. The van der Waals surface area contributed by atoms with E-state index in [9.17, 15) is 0 Å². The Labute approximate surface area is 99.0 Å². The van der Waals surface area contributed by atoms with Gasteiger partial charge in [-0.05, 0) is 30.7 Å². The van der Waals surface area contributed by atoms with Crippen LogP contribution in [-0.2, 0) is 5.88 Å². The predicted octanol–water partition coefficient (Wildman–Crippen LogP) is 3.40. The number of alkyl halides is 1. The molecule has 0 atom stereocenters. The number of aromatic nitrogens is 1. The summed E-state index contributed by atoms with van der Waals surface area (Å²) in [6.45, 7) is 1.99. The van der Waals surface area contributed by atoms with Crippen molar-refractivity contribution in [3.63, 3.8) is 0 Å². The molecule has 0 amide bonds. The molecule has 2 aromatic rings. The molecule has 0 aliphatic carbocycles. The summed E-state index contributed by atoms with van der Waals surface area (Å²) in [5, 5.41) is 0. The summed E-state index contributed by atoms with van der Waals surface area (Å²) in [5.74, 6) is 2.40. The van der Waals surface area contributed by atoms with E-state index >= 15 is 0 Å². The first-order valence-electron chi connectivity index (χ1n) is 4.90. The Kier molecular flexibility index (Phi) is 3.15. The van der Waals surface area contributed by atoms with Crippen molar-refractivity contribution in [2.75, 3.05) is 7.11 Å². The minimum atomic E-state index is 0.287. The molecule has 0 saturated carbocycles. The van der Waals surface area contributed by atoms with Crippen LogP contribution < -0.4 is 4.74 Å². The molecule has 84 valence electrons. The number of rotatable bonds is 3. The van der Waals surface area contributed by atoms with Gasteiger partial charge in [-0.15, -0.1) is 11.6 Å². The molecule has 16 heavy (non-hydrogen) atoms. The lowest BCUT2D eigenvalue weighted by molar-refractivity contribution is 0.411. The second-order valence-electron chi connectivity index (χ2n) is 3.44. The van der Waals surface area contributed by atoms with Crippen LogP contribution in [0.5, 0.6) is 5.75 Å². The summed E-state index contributed by atoms with van der Waals surface area (Å²) in [6, 6.07) is 5.84. The van der Waals surface area contributed by atoms with Gasteiger partial charge in [-0.1, -0.05) is 0 Å². The number of oxazole rings is 1. The molecule has 0 fully saturated rings. The van der Waals surface area contributed by atoms with Gasteiger partial charge in [0.25, 0.3) is 0 Å². The van der Waals surface area contributed by atoms with Gasteiger partial charge in [0.05, 0.1) is 19.2 Å². The zero-order chi connectivity index (χ0) is 11.5. The Morgan fingerprint density at radius 1 is 1.44 bits per heavy atom. The Morgan fingerprint density at radius 3 is 2.81 bits per heavy atom. The van der Waals surface area contributed by atoms with Crippen molar-refractivity contribution in [3.8, 4) is 17.1 Å². The summed E-state index contributed by atoms with van der Waals surface area (Å²) < 4.78 is 10.7. The second-order valence-corrected chi connectivity index (χ2v) is 3.70. The third kappa shape index (κ3) is 2.04. The molecular formula is C12H12ClNO2. The second kappa shape index (κ2) is 4.58. The zero-order valence-corrected chi connectivity index (χ0v) is 9.91. The standard InChI is InChI=1S/C12H12ClNO2/c1-8-5-9(3-4-10(8)15-2)11-7-14-12(6-13)16-11/h3-5,7H,6H2,1-2H3. The highest BCUT2D eigenvalue weighted by molar-refractivity contribution is 6.16. The van der Waals surface area contributed by atoms with Gasteiger partial charge in [-0.25, -0.2) is 4.98 Å². The largest absolute Gasteiger partial charge is 0.496 e. The summed E-state index contributed by atoms with van der Waals surface area (Å²) in [4.78, 5) is 4.05. The van der Waals surface area contributed by atoms with Crippen molar-refractivity contribution in [2.45, 2.75) is 12.8 Å². The van der Waals surface area contributed by atoms with Crippen LogP contribution in [0.3, 0.4) is 0 Å². The predicted molar refractivity (Wildman–Crippen MR) is 62.8 cm³/mol. The average molecular weight is 238 g/mol. The molecule has 0 spiro atoms. The molecule has 1 aromatic heterocycles. The molecule has 0 aliphatic heterocycles. The van der Waals surface area contributed by atoms with E-state index in [1.165, 1.54) is 0 Å². The molecule has 3 nitrogen and oxygen atoms in total. The first kappa shape index (κ1) is 11.0. The highest BCUT2D eigenvalue weighted by Gasteiger charge is 2.07. The molecular weight excluding hydrogens is 226 g/mol. The molecule has 0 bridgehead atoms. The van der Waals surface area contributed by atoms with Crippen molar-refractivity contribution >= 4 is 11.6 Å². The molecule has 0 radical (unpaired) electrons. The summed E-state index contributed by atoms with van der Waals surface area (Å²) in [5.41, 5.74) is 2.03. The monoisotopic (exact) mass is 237 g/mol. The van der Waals surface area contributed by atoms with Gasteiger partial charge in [0.15, 0.2) is 5.76 Å². The fourth-order valence-corrected chi connectivity index (χ4v) is 1.66. The number of nitrogens with zero attached hydrogens (tertiary/aromatic N) is 1. The molecule has 2 rings (SSSR count). The number of hydrogen-bond acceptors (Lipinski definition) is 3. The maximum absolute atomic E-state index is 5.63. The van der Waals surface area contributed by atoms with Crippen LogP contribution in [0.4, 0.5) is 0 Å². The van der Waals surface area contributed by atoms with E-state index in [0.29, 0.717) is 5.89 Å². The van der Waals surface area contributed by atoms with Crippen LogP contribution in [0.2, 0.25) is 0 Å². The zero-order valence-electron chi connectivity index (χ0n) is 9.16. The van der Waals surface area contributed by atoms with Gasteiger partial charge < -0.3 is 9.15 Å². The highest BCUT2D eigenvalue weighted by atomic mass is 35.5. The van der Waals surface area contributed by atoms with Crippen molar-refractivity contribution in [1.82, 2.24) is 4.98 Å². The van der Waals surface area contributed by atoms with Gasteiger partial charge in [0.2, 0.25) is 5.89 Å². The van der Waals surface area contributed by atoms with E-state index in [0.717, 1.165) is 22.6 Å². The number of hydrogen-bond donors (Lipinski definition) is 0. The van der Waals surface area contributed by atoms with Crippen molar-refractivity contribution in [2.24, 2.45) is 0 Å². The fourth-order valence-electron chi connectivity index (χ4n) is 1.54. The number of ether oxygens (including phenoxy) is 1. The maximum atomic E-state index is 5.63. The highest BCUT2D eigenvalue weighted by Crippen LogP contribution is 2.26. The Bertz CT molecular complexity index is 494. The van der Waals surface area contributed by atoms with E-state index in [2.05, 4.69) is 4.98 Å². The van der Waals surface area contributed by atoms with E-state index in [4.69, 9.17) is 20.8 Å². The van der Waals surface area contributed by atoms with Crippen LogP contribution in [0.15, 0.2) is 28.8 Å². The molecule has 0 N–H and O–H groups in total. The van der Waals surface area contributed by atoms with Crippen molar-refractivity contribution in [3.05, 3.63) is 35.9 Å². The van der Waals surface area contributed by atoms with E-state index in [-0.39, 0.29) is 5.88 Å². The summed E-state index contributed by atoms with van der Waals surface area (Å²) in [7, 11) is 1.65. The number of halogens is 1. The average Bonchev–Trinajstić information content (AvgIpc) is 2.77.